The molecule has 4 rings (SSSR count). The fourth-order valence-corrected chi connectivity index (χ4v) is 5.00. The van der Waals surface area contributed by atoms with Crippen molar-refractivity contribution in [2.24, 2.45) is 0 Å². The minimum Gasteiger partial charge on any atom is -0.324 e. The van der Waals surface area contributed by atoms with Gasteiger partial charge in [0.1, 0.15) is 0 Å². The van der Waals surface area contributed by atoms with Gasteiger partial charge in [0, 0.05) is 6.54 Å². The lowest BCUT2D eigenvalue weighted by Crippen LogP contribution is -2.37. The van der Waals surface area contributed by atoms with Crippen LogP contribution in [0.2, 0.25) is 5.02 Å². The first-order valence-electron chi connectivity index (χ1n) is 8.50. The normalized spacial score (nSPS) is 16.4. The average Bonchev–Trinajstić information content (AvgIpc) is 3.03. The number of rotatable bonds is 3. The van der Waals surface area contributed by atoms with E-state index in [2.05, 4.69) is 15.3 Å². The number of H-pyrrole nitrogens is 1. The first-order valence-corrected chi connectivity index (χ1v) is 10.5. The van der Waals surface area contributed by atoms with Gasteiger partial charge in [0.05, 0.1) is 33.1 Å². The van der Waals surface area contributed by atoms with Gasteiger partial charge < -0.3 is 4.98 Å². The molecule has 1 fully saturated rings. The molecule has 0 radical (unpaired) electrons. The minimum atomic E-state index is -3.33. The van der Waals surface area contributed by atoms with Gasteiger partial charge in [-0.15, -0.1) is 0 Å². The number of benzene rings is 2. The lowest BCUT2D eigenvalue weighted by molar-refractivity contribution is 0.102. The summed E-state index contributed by atoms with van der Waals surface area (Å²) in [7, 11) is -3.33. The summed E-state index contributed by atoms with van der Waals surface area (Å²) in [5, 5.41) is 2.86. The zero-order valence-electron chi connectivity index (χ0n) is 14.3. The molecular weight excluding hydrogens is 388 g/mol. The standard InChI is InChI=1S/C18H17ClN4O3S/c19-14-11-12(23-9-3-4-10-27(23,25)26)7-8-13(14)17(24)22-18-20-15-5-1-2-6-16(15)21-18/h1-2,5-8,11H,3-4,9-10H2,(H2,20,21,22,24). The molecule has 2 aromatic carbocycles. The van der Waals surface area contributed by atoms with Crippen molar-refractivity contribution in [3.8, 4) is 0 Å². The maximum Gasteiger partial charge on any atom is 0.259 e. The number of nitrogens with one attached hydrogen (secondary N) is 2. The molecule has 0 atom stereocenters. The molecule has 2 heterocycles. The SMILES string of the molecule is O=C(Nc1nc2ccccc2[nH]1)c1ccc(N2CCCCS2(=O)=O)cc1Cl. The van der Waals surface area contributed by atoms with Crippen molar-refractivity contribution in [3.05, 3.63) is 53.1 Å². The summed E-state index contributed by atoms with van der Waals surface area (Å²) in [5.74, 6) is 0.0193. The Bertz CT molecular complexity index is 1090. The van der Waals surface area contributed by atoms with E-state index in [0.29, 0.717) is 24.6 Å². The number of carbonyl (C=O) groups excluding carboxylic acids is 1. The van der Waals surface area contributed by atoms with Crippen LogP contribution >= 0.6 is 11.6 Å². The predicted molar refractivity (Wildman–Crippen MR) is 106 cm³/mol. The first kappa shape index (κ1) is 17.8. The van der Waals surface area contributed by atoms with E-state index < -0.39 is 15.9 Å². The highest BCUT2D eigenvalue weighted by Gasteiger charge is 2.26. The Kier molecular flexibility index (Phi) is 4.53. The third-order valence-corrected chi connectivity index (χ3v) is 6.64. The minimum absolute atomic E-state index is 0.124. The number of aromatic nitrogens is 2. The molecule has 0 saturated carbocycles. The lowest BCUT2D eigenvalue weighted by Gasteiger charge is -2.28. The number of hydrogen-bond donors (Lipinski definition) is 2. The van der Waals surface area contributed by atoms with Crippen molar-refractivity contribution in [3.63, 3.8) is 0 Å². The molecule has 0 unspecified atom stereocenters. The van der Waals surface area contributed by atoms with E-state index in [4.69, 9.17) is 11.6 Å². The molecule has 0 spiro atoms. The topological polar surface area (TPSA) is 95.2 Å². The smallest absolute Gasteiger partial charge is 0.259 e. The fraction of sp³-hybridized carbons (Fsp3) is 0.222. The number of sulfonamides is 1. The number of nitrogens with zero attached hydrogens (tertiary/aromatic N) is 2. The molecule has 1 aromatic heterocycles. The summed E-state index contributed by atoms with van der Waals surface area (Å²) in [6, 6.07) is 12.1. The molecule has 1 amide bonds. The van der Waals surface area contributed by atoms with Gasteiger partial charge in [-0.3, -0.25) is 14.4 Å². The van der Waals surface area contributed by atoms with Crippen molar-refractivity contribution >= 4 is 50.2 Å². The van der Waals surface area contributed by atoms with Crippen molar-refractivity contribution < 1.29 is 13.2 Å². The van der Waals surface area contributed by atoms with Crippen LogP contribution in [0.1, 0.15) is 23.2 Å². The van der Waals surface area contributed by atoms with Crippen LogP contribution in [0.4, 0.5) is 11.6 Å². The Labute approximate surface area is 161 Å². The van der Waals surface area contributed by atoms with Crippen LogP contribution in [0, 0.1) is 0 Å². The Morgan fingerprint density at radius 3 is 2.74 bits per heavy atom. The predicted octanol–water partition coefficient (Wildman–Crippen LogP) is 3.40. The van der Waals surface area contributed by atoms with E-state index in [1.54, 1.807) is 6.07 Å². The number of hydrogen-bond acceptors (Lipinski definition) is 4. The zero-order chi connectivity index (χ0) is 19.0. The second kappa shape index (κ2) is 6.86. The van der Waals surface area contributed by atoms with Crippen molar-refractivity contribution in [2.45, 2.75) is 12.8 Å². The average molecular weight is 405 g/mol. The quantitative estimate of drug-likeness (QED) is 0.699. The van der Waals surface area contributed by atoms with E-state index in [1.165, 1.54) is 16.4 Å². The Balaban J connectivity index is 1.57. The number of amides is 1. The second-order valence-electron chi connectivity index (χ2n) is 6.32. The van der Waals surface area contributed by atoms with Gasteiger partial charge in [0.25, 0.3) is 5.91 Å². The van der Waals surface area contributed by atoms with E-state index in [0.717, 1.165) is 17.5 Å². The highest BCUT2D eigenvalue weighted by molar-refractivity contribution is 7.92. The number of para-hydroxylation sites is 2. The van der Waals surface area contributed by atoms with Crippen LogP contribution in [0.25, 0.3) is 11.0 Å². The van der Waals surface area contributed by atoms with Crippen LogP contribution in [0.5, 0.6) is 0 Å². The summed E-state index contributed by atoms with van der Waals surface area (Å²) in [5.41, 5.74) is 2.27. The Morgan fingerprint density at radius 2 is 2.00 bits per heavy atom. The fourth-order valence-electron chi connectivity index (χ4n) is 3.11. The van der Waals surface area contributed by atoms with E-state index in [9.17, 15) is 13.2 Å². The van der Waals surface area contributed by atoms with Gasteiger partial charge in [0.2, 0.25) is 16.0 Å². The van der Waals surface area contributed by atoms with Crippen LogP contribution in [-0.4, -0.2) is 36.6 Å². The molecule has 1 aliphatic rings. The van der Waals surface area contributed by atoms with Crippen LogP contribution in [-0.2, 0) is 10.0 Å². The Morgan fingerprint density at radius 1 is 1.19 bits per heavy atom. The van der Waals surface area contributed by atoms with Crippen LogP contribution in [0.3, 0.4) is 0 Å². The molecule has 3 aromatic rings. The molecule has 7 nitrogen and oxygen atoms in total. The van der Waals surface area contributed by atoms with Gasteiger partial charge in [0.15, 0.2) is 0 Å². The summed E-state index contributed by atoms with van der Waals surface area (Å²) in [6.07, 6.45) is 1.45. The maximum atomic E-state index is 12.5. The number of imidazole rings is 1. The largest absolute Gasteiger partial charge is 0.324 e. The lowest BCUT2D eigenvalue weighted by atomic mass is 10.2. The van der Waals surface area contributed by atoms with Crippen molar-refractivity contribution in [1.29, 1.82) is 0 Å². The highest BCUT2D eigenvalue weighted by Crippen LogP contribution is 2.28. The van der Waals surface area contributed by atoms with Crippen LogP contribution < -0.4 is 9.62 Å². The summed E-state index contributed by atoms with van der Waals surface area (Å²) in [4.78, 5) is 19.9. The van der Waals surface area contributed by atoms with E-state index in [1.807, 2.05) is 24.3 Å². The number of anilines is 2. The van der Waals surface area contributed by atoms with Crippen molar-refractivity contribution in [1.82, 2.24) is 9.97 Å². The highest BCUT2D eigenvalue weighted by atomic mass is 35.5. The Hall–Kier alpha value is -2.58. The molecular formula is C18H17ClN4O3S. The number of carbonyl (C=O) groups is 1. The summed E-state index contributed by atoms with van der Waals surface area (Å²) < 4.78 is 25.8. The van der Waals surface area contributed by atoms with Gasteiger partial charge in [-0.25, -0.2) is 13.4 Å². The number of halogens is 1. The third kappa shape index (κ3) is 3.50. The molecule has 0 aliphatic carbocycles. The molecule has 140 valence electrons. The zero-order valence-corrected chi connectivity index (χ0v) is 15.8. The maximum absolute atomic E-state index is 12.5. The molecule has 9 heteroatoms. The number of fused-ring (bicyclic) bond motifs is 1. The van der Waals surface area contributed by atoms with Gasteiger partial charge in [-0.1, -0.05) is 23.7 Å². The first-order chi connectivity index (χ1) is 12.9. The number of aromatic amines is 1. The molecule has 0 bridgehead atoms. The monoisotopic (exact) mass is 404 g/mol. The molecule has 1 saturated heterocycles. The van der Waals surface area contributed by atoms with E-state index >= 15 is 0 Å². The van der Waals surface area contributed by atoms with Gasteiger partial charge >= 0.3 is 0 Å². The summed E-state index contributed by atoms with van der Waals surface area (Å²) in [6.45, 7) is 0.420. The molecule has 2 N–H and O–H groups in total. The van der Waals surface area contributed by atoms with E-state index in [-0.39, 0.29) is 16.3 Å². The van der Waals surface area contributed by atoms with Crippen molar-refractivity contribution in [2.75, 3.05) is 21.9 Å². The van der Waals surface area contributed by atoms with Gasteiger partial charge in [-0.05, 0) is 43.2 Å². The molecule has 27 heavy (non-hydrogen) atoms. The van der Waals surface area contributed by atoms with Crippen LogP contribution in [0.15, 0.2) is 42.5 Å². The summed E-state index contributed by atoms with van der Waals surface area (Å²) >= 11 is 6.27. The third-order valence-electron chi connectivity index (χ3n) is 4.46. The molecule has 1 aliphatic heterocycles. The van der Waals surface area contributed by atoms with Gasteiger partial charge in [-0.2, -0.15) is 0 Å². The second-order valence-corrected chi connectivity index (χ2v) is 8.74.